The van der Waals surface area contributed by atoms with Gasteiger partial charge in [-0.2, -0.15) is 0 Å². The molecule has 8 nitrogen and oxygen atoms in total. The van der Waals surface area contributed by atoms with Gasteiger partial charge in [-0.25, -0.2) is 0 Å². The lowest BCUT2D eigenvalue weighted by atomic mass is 9.82. The number of fused-ring (bicyclic) bond motifs is 1. The zero-order valence-corrected chi connectivity index (χ0v) is 20.9. The topological polar surface area (TPSA) is 88.5 Å². The number of carbonyl (C=O) groups excluding carboxylic acids is 1. The fraction of sp³-hybridized carbons (Fsp3) is 0.310. The van der Waals surface area contributed by atoms with Gasteiger partial charge in [-0.1, -0.05) is 36.4 Å². The number of aliphatic carboxylic acids is 1. The van der Waals surface area contributed by atoms with E-state index in [1.54, 1.807) is 12.0 Å². The minimum atomic E-state index is -0.908. The lowest BCUT2D eigenvalue weighted by Gasteiger charge is -2.29. The fourth-order valence-corrected chi connectivity index (χ4v) is 5.44. The van der Waals surface area contributed by atoms with Crippen LogP contribution in [0, 0.1) is 5.92 Å². The summed E-state index contributed by atoms with van der Waals surface area (Å²) in [5.41, 5.74) is 2.49. The first-order valence-electron chi connectivity index (χ1n) is 12.4. The van der Waals surface area contributed by atoms with E-state index < -0.39 is 17.9 Å². The Morgan fingerprint density at radius 1 is 1.00 bits per heavy atom. The highest BCUT2D eigenvalue weighted by atomic mass is 16.7. The van der Waals surface area contributed by atoms with Gasteiger partial charge < -0.3 is 24.2 Å². The number of para-hydroxylation sites is 1. The minimum absolute atomic E-state index is 0.0808. The number of rotatable bonds is 8. The van der Waals surface area contributed by atoms with Crippen molar-refractivity contribution in [3.63, 3.8) is 0 Å². The van der Waals surface area contributed by atoms with E-state index in [0.29, 0.717) is 30.3 Å². The molecule has 0 aliphatic carbocycles. The van der Waals surface area contributed by atoms with E-state index in [9.17, 15) is 14.7 Å². The molecule has 5 rings (SSSR count). The second-order valence-electron chi connectivity index (χ2n) is 9.20. The number of nitrogens with zero attached hydrogens (tertiary/aromatic N) is 2. The number of hydrogen-bond acceptors (Lipinski definition) is 6. The monoisotopic (exact) mass is 502 g/mol. The number of likely N-dealkylation sites (tertiary alicyclic amines) is 1. The molecule has 0 saturated carbocycles. The summed E-state index contributed by atoms with van der Waals surface area (Å²) in [6.07, 6.45) is 0. The molecule has 8 heteroatoms. The fourth-order valence-electron chi connectivity index (χ4n) is 5.44. The van der Waals surface area contributed by atoms with Crippen LogP contribution in [0.1, 0.15) is 30.0 Å². The lowest BCUT2D eigenvalue weighted by molar-refractivity contribution is -0.143. The average Bonchev–Trinajstić information content (AvgIpc) is 3.54. The molecule has 3 aromatic rings. The van der Waals surface area contributed by atoms with E-state index >= 15 is 0 Å². The summed E-state index contributed by atoms with van der Waals surface area (Å²) in [7, 11) is 1.59. The third-order valence-electron chi connectivity index (χ3n) is 7.19. The van der Waals surface area contributed by atoms with Gasteiger partial charge in [-0.3, -0.25) is 14.5 Å². The largest absolute Gasteiger partial charge is 0.497 e. The van der Waals surface area contributed by atoms with Crippen LogP contribution in [0.4, 0.5) is 5.69 Å². The van der Waals surface area contributed by atoms with E-state index in [0.717, 1.165) is 16.8 Å². The summed E-state index contributed by atoms with van der Waals surface area (Å²) in [5, 5.41) is 10.5. The highest BCUT2D eigenvalue weighted by Gasteiger charge is 2.48. The van der Waals surface area contributed by atoms with Crippen molar-refractivity contribution >= 4 is 17.6 Å². The number of methoxy groups -OCH3 is 1. The van der Waals surface area contributed by atoms with Crippen LogP contribution in [0.5, 0.6) is 17.2 Å². The molecule has 1 N–H and O–H groups in total. The zero-order valence-electron chi connectivity index (χ0n) is 20.9. The second kappa shape index (κ2) is 10.5. The zero-order chi connectivity index (χ0) is 25.9. The molecule has 37 heavy (non-hydrogen) atoms. The second-order valence-corrected chi connectivity index (χ2v) is 9.20. The molecule has 0 radical (unpaired) electrons. The summed E-state index contributed by atoms with van der Waals surface area (Å²) in [5.74, 6) is -0.166. The number of carbonyl (C=O) groups is 2. The minimum Gasteiger partial charge on any atom is -0.497 e. The van der Waals surface area contributed by atoms with E-state index in [2.05, 4.69) is 0 Å². The Hall–Kier alpha value is -4.04. The number of benzene rings is 3. The number of anilines is 1. The van der Waals surface area contributed by atoms with Gasteiger partial charge >= 0.3 is 5.97 Å². The summed E-state index contributed by atoms with van der Waals surface area (Å²) in [6.45, 7) is 3.09. The summed E-state index contributed by atoms with van der Waals surface area (Å²) in [6, 6.07) is 22.0. The number of ether oxygens (including phenoxy) is 3. The van der Waals surface area contributed by atoms with Crippen molar-refractivity contribution in [2.45, 2.75) is 18.9 Å². The van der Waals surface area contributed by atoms with Crippen LogP contribution >= 0.6 is 0 Å². The molecule has 0 bridgehead atoms. The first-order chi connectivity index (χ1) is 18.0. The number of carboxylic acids is 1. The summed E-state index contributed by atoms with van der Waals surface area (Å²) in [4.78, 5) is 30.0. The Balaban J connectivity index is 1.51. The molecule has 2 aliphatic heterocycles. The van der Waals surface area contributed by atoms with Crippen LogP contribution in [0.25, 0.3) is 0 Å². The SMILES string of the molecule is CCN(C(=O)CN1C[C@H](c2ccc3c(c2)OCO3)[C@H](C(=O)O)[C@H]1c1ccc(OC)cc1)c1ccccc1. The van der Waals surface area contributed by atoms with Crippen LogP contribution in [-0.4, -0.2) is 55.4 Å². The predicted octanol–water partition coefficient (Wildman–Crippen LogP) is 4.32. The smallest absolute Gasteiger partial charge is 0.309 e. The van der Waals surface area contributed by atoms with Crippen LogP contribution in [-0.2, 0) is 9.59 Å². The van der Waals surface area contributed by atoms with Crippen molar-refractivity contribution in [1.29, 1.82) is 0 Å². The molecule has 0 unspecified atom stereocenters. The lowest BCUT2D eigenvalue weighted by Crippen LogP contribution is -2.41. The van der Waals surface area contributed by atoms with Crippen LogP contribution in [0.3, 0.4) is 0 Å². The standard InChI is InChI=1S/C29H30N2O6/c1-3-31(21-7-5-4-6-8-21)26(32)17-30-16-23(20-11-14-24-25(15-20)37-18-36-24)27(29(33)34)28(30)19-9-12-22(35-2)13-10-19/h4-15,23,27-28H,3,16-18H2,1-2H3,(H,33,34)/t23-,27+,28-/m1/s1. The molecule has 3 aromatic carbocycles. The Labute approximate surface area is 216 Å². The van der Waals surface area contributed by atoms with Gasteiger partial charge in [0.15, 0.2) is 11.5 Å². The highest BCUT2D eigenvalue weighted by Crippen LogP contribution is 2.47. The predicted molar refractivity (Wildman–Crippen MR) is 138 cm³/mol. The summed E-state index contributed by atoms with van der Waals surface area (Å²) < 4.78 is 16.3. The van der Waals surface area contributed by atoms with E-state index in [4.69, 9.17) is 14.2 Å². The van der Waals surface area contributed by atoms with E-state index in [1.807, 2.05) is 84.6 Å². The molecule has 0 spiro atoms. The molecule has 1 amide bonds. The molecule has 1 fully saturated rings. The molecule has 2 heterocycles. The Morgan fingerprint density at radius 2 is 1.70 bits per heavy atom. The number of hydrogen-bond donors (Lipinski definition) is 1. The number of amides is 1. The van der Waals surface area contributed by atoms with Gasteiger partial charge in [-0.15, -0.1) is 0 Å². The van der Waals surface area contributed by atoms with E-state index in [-0.39, 0.29) is 25.2 Å². The highest BCUT2D eigenvalue weighted by molar-refractivity contribution is 5.94. The number of likely N-dealkylation sites (N-methyl/N-ethyl adjacent to an activating group) is 1. The Kier molecular flexibility index (Phi) is 7.01. The third-order valence-corrected chi connectivity index (χ3v) is 7.19. The maximum Gasteiger partial charge on any atom is 0.309 e. The van der Waals surface area contributed by atoms with Crippen molar-refractivity contribution in [3.8, 4) is 17.2 Å². The molecule has 192 valence electrons. The van der Waals surface area contributed by atoms with Gasteiger partial charge in [0.25, 0.3) is 0 Å². The first kappa shape index (κ1) is 24.6. The van der Waals surface area contributed by atoms with Crippen molar-refractivity contribution in [2.24, 2.45) is 5.92 Å². The number of carboxylic acid groups (broad SMARTS) is 1. The van der Waals surface area contributed by atoms with Gasteiger partial charge in [0.2, 0.25) is 12.7 Å². The van der Waals surface area contributed by atoms with E-state index in [1.165, 1.54) is 0 Å². The molecular formula is C29H30N2O6. The molecular weight excluding hydrogens is 472 g/mol. The van der Waals surface area contributed by atoms with Crippen molar-refractivity contribution in [3.05, 3.63) is 83.9 Å². The quantitative estimate of drug-likeness (QED) is 0.491. The van der Waals surface area contributed by atoms with Gasteiger partial charge in [0.05, 0.1) is 19.6 Å². The van der Waals surface area contributed by atoms with Gasteiger partial charge in [0.1, 0.15) is 5.75 Å². The third kappa shape index (κ3) is 4.84. The van der Waals surface area contributed by atoms with Crippen molar-refractivity contribution in [1.82, 2.24) is 4.90 Å². The maximum atomic E-state index is 13.6. The molecule has 2 aliphatic rings. The Morgan fingerprint density at radius 3 is 2.38 bits per heavy atom. The van der Waals surface area contributed by atoms with Crippen LogP contribution < -0.4 is 19.1 Å². The van der Waals surface area contributed by atoms with Gasteiger partial charge in [0, 0.05) is 30.7 Å². The first-order valence-corrected chi connectivity index (χ1v) is 12.4. The van der Waals surface area contributed by atoms with Crippen LogP contribution in [0.15, 0.2) is 72.8 Å². The molecule has 0 aromatic heterocycles. The molecule has 1 saturated heterocycles. The van der Waals surface area contributed by atoms with Crippen molar-refractivity contribution < 1.29 is 28.9 Å². The normalized spacial score (nSPS) is 20.5. The van der Waals surface area contributed by atoms with Crippen LogP contribution in [0.2, 0.25) is 0 Å². The maximum absolute atomic E-state index is 13.6. The summed E-state index contributed by atoms with van der Waals surface area (Å²) >= 11 is 0. The van der Waals surface area contributed by atoms with Gasteiger partial charge in [-0.05, 0) is 54.4 Å². The molecule has 3 atom stereocenters. The van der Waals surface area contributed by atoms with Crippen molar-refractivity contribution in [2.75, 3.05) is 38.4 Å². The average molecular weight is 503 g/mol. The Bertz CT molecular complexity index is 1260.